The van der Waals surface area contributed by atoms with Gasteiger partial charge < -0.3 is 15.4 Å². The van der Waals surface area contributed by atoms with Crippen molar-refractivity contribution in [2.45, 2.75) is 19.8 Å². The number of hydrogen-bond acceptors (Lipinski definition) is 4. The van der Waals surface area contributed by atoms with Crippen molar-refractivity contribution >= 4 is 36.4 Å². The molecule has 0 radical (unpaired) electrons. The molecule has 0 aliphatic carbocycles. The van der Waals surface area contributed by atoms with Gasteiger partial charge in [0.1, 0.15) is 0 Å². The number of piperidine rings is 1. The standard InChI is InChI=1S/C14H21N3O2.2ClH/c1-11-9-16-6-3-12(11)17-13(18)14(10-19-2)4-7-15-8-5-14;;/h3,6,9,15H,4-5,7-8,10H2,1-2H3,(H,16,17,18);2*1H. The van der Waals surface area contributed by atoms with Crippen LogP contribution in [0.2, 0.25) is 0 Å². The highest BCUT2D eigenvalue weighted by Crippen LogP contribution is 2.31. The van der Waals surface area contributed by atoms with Gasteiger partial charge >= 0.3 is 0 Å². The Balaban J connectivity index is 0.00000200. The van der Waals surface area contributed by atoms with Crippen molar-refractivity contribution < 1.29 is 9.53 Å². The van der Waals surface area contributed by atoms with Gasteiger partial charge in [-0.3, -0.25) is 9.78 Å². The fraction of sp³-hybridized carbons (Fsp3) is 0.571. The molecule has 1 aliphatic heterocycles. The fourth-order valence-corrected chi connectivity index (χ4v) is 2.49. The van der Waals surface area contributed by atoms with Gasteiger partial charge in [0.25, 0.3) is 0 Å². The number of nitrogens with one attached hydrogen (secondary N) is 2. The smallest absolute Gasteiger partial charge is 0.233 e. The molecule has 0 bridgehead atoms. The van der Waals surface area contributed by atoms with Crippen molar-refractivity contribution in [1.82, 2.24) is 10.3 Å². The van der Waals surface area contributed by atoms with Gasteiger partial charge in [0.15, 0.2) is 0 Å². The zero-order chi connectivity index (χ0) is 13.7. The second-order valence-electron chi connectivity index (χ2n) is 5.11. The summed E-state index contributed by atoms with van der Waals surface area (Å²) in [5.74, 6) is 0.0464. The lowest BCUT2D eigenvalue weighted by atomic mass is 9.78. The van der Waals surface area contributed by atoms with E-state index in [-0.39, 0.29) is 30.7 Å². The molecule has 1 aliphatic rings. The first-order chi connectivity index (χ1) is 9.18. The Hall–Kier alpha value is -0.880. The van der Waals surface area contributed by atoms with Crippen molar-refractivity contribution in [3.8, 4) is 0 Å². The molecule has 0 unspecified atom stereocenters. The van der Waals surface area contributed by atoms with E-state index in [9.17, 15) is 4.79 Å². The van der Waals surface area contributed by atoms with Gasteiger partial charge in [-0.15, -0.1) is 24.8 Å². The number of aromatic nitrogens is 1. The van der Waals surface area contributed by atoms with Crippen LogP contribution in [0, 0.1) is 12.3 Å². The zero-order valence-corrected chi connectivity index (χ0v) is 14.0. The number of anilines is 1. The fourth-order valence-electron chi connectivity index (χ4n) is 2.49. The van der Waals surface area contributed by atoms with E-state index in [0.717, 1.165) is 37.2 Å². The number of carbonyl (C=O) groups is 1. The number of amides is 1. The van der Waals surface area contributed by atoms with Crippen LogP contribution in [0.5, 0.6) is 0 Å². The molecule has 1 saturated heterocycles. The molecule has 7 heteroatoms. The molecule has 0 spiro atoms. The van der Waals surface area contributed by atoms with Gasteiger partial charge in [-0.1, -0.05) is 0 Å². The minimum Gasteiger partial charge on any atom is -0.384 e. The number of halogens is 2. The van der Waals surface area contributed by atoms with Crippen LogP contribution in [-0.4, -0.2) is 37.7 Å². The van der Waals surface area contributed by atoms with Crippen molar-refractivity contribution in [1.29, 1.82) is 0 Å². The molecule has 2 rings (SSSR count). The summed E-state index contributed by atoms with van der Waals surface area (Å²) in [7, 11) is 1.65. The van der Waals surface area contributed by atoms with Crippen molar-refractivity contribution in [3.05, 3.63) is 24.0 Å². The third-order valence-corrected chi connectivity index (χ3v) is 3.73. The van der Waals surface area contributed by atoms with E-state index in [0.29, 0.717) is 6.61 Å². The number of ether oxygens (including phenoxy) is 1. The predicted octanol–water partition coefficient (Wildman–Crippen LogP) is 2.19. The van der Waals surface area contributed by atoms with Crippen LogP contribution in [-0.2, 0) is 9.53 Å². The molecule has 120 valence electrons. The monoisotopic (exact) mass is 335 g/mol. The molecule has 0 saturated carbocycles. The Labute approximate surface area is 138 Å². The molecule has 1 aromatic rings. The molecule has 2 heterocycles. The first-order valence-corrected chi connectivity index (χ1v) is 6.60. The topological polar surface area (TPSA) is 63.2 Å². The molecule has 5 nitrogen and oxygen atoms in total. The molecule has 1 amide bonds. The average Bonchev–Trinajstić information content (AvgIpc) is 2.42. The van der Waals surface area contributed by atoms with Crippen LogP contribution < -0.4 is 10.6 Å². The SMILES string of the molecule is COCC1(C(=O)Nc2ccncc2C)CCNCC1.Cl.Cl. The normalized spacial score (nSPS) is 16.3. The number of hydrogen-bond donors (Lipinski definition) is 2. The van der Waals surface area contributed by atoms with Crippen molar-refractivity contribution in [2.24, 2.45) is 5.41 Å². The number of carbonyl (C=O) groups excluding carboxylic acids is 1. The molecular formula is C14H23Cl2N3O2. The molecule has 2 N–H and O–H groups in total. The lowest BCUT2D eigenvalue weighted by Crippen LogP contribution is -2.47. The zero-order valence-electron chi connectivity index (χ0n) is 12.3. The quantitative estimate of drug-likeness (QED) is 0.885. The maximum Gasteiger partial charge on any atom is 0.233 e. The summed E-state index contributed by atoms with van der Waals surface area (Å²) in [6.45, 7) is 4.11. The summed E-state index contributed by atoms with van der Waals surface area (Å²) in [5.41, 5.74) is 1.38. The summed E-state index contributed by atoms with van der Waals surface area (Å²) >= 11 is 0. The lowest BCUT2D eigenvalue weighted by Gasteiger charge is -2.35. The van der Waals surface area contributed by atoms with E-state index in [2.05, 4.69) is 15.6 Å². The molecule has 21 heavy (non-hydrogen) atoms. The van der Waals surface area contributed by atoms with E-state index >= 15 is 0 Å². The minimum absolute atomic E-state index is 0. The third kappa shape index (κ3) is 4.81. The van der Waals surface area contributed by atoms with E-state index in [1.54, 1.807) is 19.5 Å². The van der Waals surface area contributed by atoms with Gasteiger partial charge in [0.05, 0.1) is 12.0 Å². The highest BCUT2D eigenvalue weighted by atomic mass is 35.5. The Bertz CT molecular complexity index is 446. The van der Waals surface area contributed by atoms with Crippen LogP contribution in [0.15, 0.2) is 18.5 Å². The number of rotatable bonds is 4. The molecular weight excluding hydrogens is 313 g/mol. The number of pyridine rings is 1. The highest BCUT2D eigenvalue weighted by molar-refractivity contribution is 5.96. The Morgan fingerprint density at radius 3 is 2.67 bits per heavy atom. The molecule has 1 aromatic heterocycles. The summed E-state index contributed by atoms with van der Waals surface area (Å²) in [4.78, 5) is 16.6. The van der Waals surface area contributed by atoms with Gasteiger partial charge in [-0.2, -0.15) is 0 Å². The minimum atomic E-state index is -0.421. The number of methoxy groups -OCH3 is 1. The van der Waals surface area contributed by atoms with E-state index in [1.165, 1.54) is 0 Å². The van der Waals surface area contributed by atoms with Crippen molar-refractivity contribution in [3.63, 3.8) is 0 Å². The number of aryl methyl sites for hydroxylation is 1. The maximum atomic E-state index is 12.6. The predicted molar refractivity (Wildman–Crippen MR) is 88.5 cm³/mol. The second-order valence-corrected chi connectivity index (χ2v) is 5.11. The first kappa shape index (κ1) is 20.1. The van der Waals surface area contributed by atoms with Crippen molar-refractivity contribution in [2.75, 3.05) is 32.1 Å². The van der Waals surface area contributed by atoms with Crippen LogP contribution in [0.25, 0.3) is 0 Å². The molecule has 0 atom stereocenters. The van der Waals surface area contributed by atoms with Crippen LogP contribution in [0.3, 0.4) is 0 Å². The van der Waals surface area contributed by atoms with Crippen LogP contribution >= 0.6 is 24.8 Å². The van der Waals surface area contributed by atoms with Gasteiger partial charge in [-0.05, 0) is 44.5 Å². The lowest BCUT2D eigenvalue weighted by molar-refractivity contribution is -0.130. The summed E-state index contributed by atoms with van der Waals surface area (Å²) in [6.07, 6.45) is 5.04. The highest BCUT2D eigenvalue weighted by Gasteiger charge is 2.39. The Kier molecular flexibility index (Phi) is 8.82. The first-order valence-electron chi connectivity index (χ1n) is 6.60. The van der Waals surface area contributed by atoms with Crippen LogP contribution in [0.1, 0.15) is 18.4 Å². The van der Waals surface area contributed by atoms with E-state index in [4.69, 9.17) is 4.74 Å². The van der Waals surface area contributed by atoms with E-state index in [1.807, 2.05) is 13.0 Å². The number of nitrogens with zero attached hydrogens (tertiary/aromatic N) is 1. The van der Waals surface area contributed by atoms with E-state index < -0.39 is 5.41 Å². The molecule has 1 fully saturated rings. The summed E-state index contributed by atoms with van der Waals surface area (Å²) < 4.78 is 5.27. The summed E-state index contributed by atoms with van der Waals surface area (Å²) in [5, 5.41) is 6.30. The van der Waals surface area contributed by atoms with Crippen LogP contribution in [0.4, 0.5) is 5.69 Å². The Morgan fingerprint density at radius 2 is 2.10 bits per heavy atom. The molecule has 0 aromatic carbocycles. The van der Waals surface area contributed by atoms with Gasteiger partial charge in [-0.25, -0.2) is 0 Å². The third-order valence-electron chi connectivity index (χ3n) is 3.73. The van der Waals surface area contributed by atoms with Gasteiger partial charge in [0.2, 0.25) is 5.91 Å². The van der Waals surface area contributed by atoms with Gasteiger partial charge in [0, 0.05) is 25.2 Å². The second kappa shape index (κ2) is 9.20. The maximum absolute atomic E-state index is 12.6. The summed E-state index contributed by atoms with van der Waals surface area (Å²) in [6, 6.07) is 1.83. The Morgan fingerprint density at radius 1 is 1.43 bits per heavy atom. The average molecular weight is 336 g/mol. The largest absolute Gasteiger partial charge is 0.384 e.